The highest BCUT2D eigenvalue weighted by Crippen LogP contribution is 2.36. The van der Waals surface area contributed by atoms with E-state index in [2.05, 4.69) is 0 Å². The maximum Gasteiger partial charge on any atom is 0.144 e. The first-order chi connectivity index (χ1) is 14.0. The van der Waals surface area contributed by atoms with Gasteiger partial charge in [0.1, 0.15) is 29.1 Å². The molecule has 3 aromatic carbocycles. The Balaban J connectivity index is 1.62. The van der Waals surface area contributed by atoms with Crippen LogP contribution in [0.5, 0.6) is 0 Å². The van der Waals surface area contributed by atoms with Crippen molar-refractivity contribution in [3.8, 4) is 17.2 Å². The predicted octanol–water partition coefficient (Wildman–Crippen LogP) is 6.48. The molecule has 4 rings (SSSR count). The van der Waals surface area contributed by atoms with Gasteiger partial charge in [-0.1, -0.05) is 37.3 Å². The fraction of sp³-hybridized carbons (Fsp3) is 0.240. The van der Waals surface area contributed by atoms with Gasteiger partial charge >= 0.3 is 0 Å². The molecule has 0 amide bonds. The van der Waals surface area contributed by atoms with E-state index >= 15 is 0 Å². The zero-order valence-electron chi connectivity index (χ0n) is 16.1. The van der Waals surface area contributed by atoms with Gasteiger partial charge in [-0.25, -0.2) is 13.2 Å². The summed E-state index contributed by atoms with van der Waals surface area (Å²) < 4.78 is 42.5. The molecule has 0 saturated heterocycles. The highest BCUT2D eigenvalue weighted by atomic mass is 19.1. The lowest BCUT2D eigenvalue weighted by Gasteiger charge is -2.26. The van der Waals surface area contributed by atoms with Crippen LogP contribution >= 0.6 is 0 Å². The monoisotopic (exact) mass is 391 g/mol. The van der Waals surface area contributed by atoms with E-state index < -0.39 is 17.2 Å². The number of nitriles is 1. The van der Waals surface area contributed by atoms with Crippen molar-refractivity contribution in [2.24, 2.45) is 0 Å². The quantitative estimate of drug-likeness (QED) is 0.501. The molecule has 1 nitrogen and oxygen atoms in total. The van der Waals surface area contributed by atoms with Gasteiger partial charge in [0.15, 0.2) is 0 Å². The topological polar surface area (TPSA) is 23.8 Å². The predicted molar refractivity (Wildman–Crippen MR) is 107 cm³/mol. The van der Waals surface area contributed by atoms with Crippen molar-refractivity contribution in [3.63, 3.8) is 0 Å². The third kappa shape index (κ3) is 3.65. The van der Waals surface area contributed by atoms with Crippen LogP contribution in [0.1, 0.15) is 47.1 Å². The Morgan fingerprint density at radius 3 is 2.31 bits per heavy atom. The summed E-state index contributed by atoms with van der Waals surface area (Å²) >= 11 is 0. The maximum absolute atomic E-state index is 14.5. The van der Waals surface area contributed by atoms with Gasteiger partial charge in [0, 0.05) is 0 Å². The smallest absolute Gasteiger partial charge is 0.144 e. The molecule has 29 heavy (non-hydrogen) atoms. The second kappa shape index (κ2) is 7.75. The molecule has 4 heteroatoms. The van der Waals surface area contributed by atoms with E-state index in [9.17, 15) is 13.2 Å². The first kappa shape index (κ1) is 19.3. The van der Waals surface area contributed by atoms with Crippen LogP contribution in [0.2, 0.25) is 0 Å². The third-order valence-electron chi connectivity index (χ3n) is 5.83. The number of halogens is 3. The standard InChI is InChI=1S/C25H20F3N/c1-2-15-3-8-21(23(26)9-15)19-7-6-16-10-18(5-4-17(16)11-19)20-12-24(27)22(14-29)25(28)13-20/h3-5,8-10,12-13,19H,2,6-7,11H2,1H3. The second-order valence-corrected chi connectivity index (χ2v) is 7.56. The lowest BCUT2D eigenvalue weighted by Crippen LogP contribution is -2.14. The number of hydrogen-bond donors (Lipinski definition) is 0. The number of aryl methyl sites for hydroxylation is 2. The molecule has 0 fully saturated rings. The van der Waals surface area contributed by atoms with Gasteiger partial charge < -0.3 is 0 Å². The maximum atomic E-state index is 14.5. The average Bonchev–Trinajstić information content (AvgIpc) is 2.72. The Morgan fingerprint density at radius 1 is 0.897 bits per heavy atom. The van der Waals surface area contributed by atoms with Crippen molar-refractivity contribution in [1.82, 2.24) is 0 Å². The molecule has 0 spiro atoms. The number of benzene rings is 3. The lowest BCUT2D eigenvalue weighted by atomic mass is 9.79. The second-order valence-electron chi connectivity index (χ2n) is 7.56. The SMILES string of the molecule is CCc1ccc(C2CCc3cc(-c4cc(F)c(C#N)c(F)c4)ccc3C2)c(F)c1. The normalized spacial score (nSPS) is 15.6. The van der Waals surface area contributed by atoms with Gasteiger partial charge in [-0.15, -0.1) is 0 Å². The van der Waals surface area contributed by atoms with Crippen LogP contribution in [0.4, 0.5) is 13.2 Å². The molecule has 0 heterocycles. The van der Waals surface area contributed by atoms with Crippen LogP contribution in [0.15, 0.2) is 48.5 Å². The van der Waals surface area contributed by atoms with E-state index in [0.717, 1.165) is 47.9 Å². The van der Waals surface area contributed by atoms with Gasteiger partial charge in [0.05, 0.1) is 0 Å². The minimum atomic E-state index is -0.855. The third-order valence-corrected chi connectivity index (χ3v) is 5.83. The zero-order chi connectivity index (χ0) is 20.5. The van der Waals surface area contributed by atoms with E-state index in [1.165, 1.54) is 12.1 Å². The van der Waals surface area contributed by atoms with Crippen molar-refractivity contribution < 1.29 is 13.2 Å². The molecule has 146 valence electrons. The Hall–Kier alpha value is -3.06. The van der Waals surface area contributed by atoms with Crippen molar-refractivity contribution in [2.45, 2.75) is 38.5 Å². The van der Waals surface area contributed by atoms with Crippen molar-refractivity contribution >= 4 is 0 Å². The molecule has 0 aliphatic heterocycles. The van der Waals surface area contributed by atoms with Crippen LogP contribution in [-0.2, 0) is 19.3 Å². The Kier molecular flexibility index (Phi) is 5.15. The van der Waals surface area contributed by atoms with Gasteiger partial charge in [0.25, 0.3) is 0 Å². The van der Waals surface area contributed by atoms with E-state index in [1.807, 2.05) is 37.3 Å². The molecule has 3 aromatic rings. The Morgan fingerprint density at radius 2 is 1.66 bits per heavy atom. The zero-order valence-corrected chi connectivity index (χ0v) is 16.1. The first-order valence-electron chi connectivity index (χ1n) is 9.79. The summed E-state index contributed by atoms with van der Waals surface area (Å²) in [5.74, 6) is -1.72. The van der Waals surface area contributed by atoms with Crippen LogP contribution in [0.3, 0.4) is 0 Å². The molecule has 0 aromatic heterocycles. The van der Waals surface area contributed by atoms with E-state index in [1.54, 1.807) is 12.1 Å². The first-order valence-corrected chi connectivity index (χ1v) is 9.79. The van der Waals surface area contributed by atoms with Crippen LogP contribution < -0.4 is 0 Å². The van der Waals surface area contributed by atoms with E-state index in [-0.39, 0.29) is 11.7 Å². The molecule has 1 atom stereocenters. The minimum Gasteiger partial charge on any atom is -0.207 e. The van der Waals surface area contributed by atoms with Gasteiger partial charge in [-0.2, -0.15) is 5.26 Å². The Labute approximate surface area is 168 Å². The average molecular weight is 391 g/mol. The molecule has 1 unspecified atom stereocenters. The summed E-state index contributed by atoms with van der Waals surface area (Å²) in [5, 5.41) is 8.83. The van der Waals surface area contributed by atoms with Gasteiger partial charge in [0.2, 0.25) is 0 Å². The summed E-state index contributed by atoms with van der Waals surface area (Å²) in [6.45, 7) is 2.01. The summed E-state index contributed by atoms with van der Waals surface area (Å²) in [6.07, 6.45) is 3.16. The molecule has 0 bridgehead atoms. The summed E-state index contributed by atoms with van der Waals surface area (Å²) in [5.41, 5.74) is 4.56. The van der Waals surface area contributed by atoms with E-state index in [0.29, 0.717) is 11.1 Å². The van der Waals surface area contributed by atoms with Crippen LogP contribution in [0, 0.1) is 28.8 Å². The van der Waals surface area contributed by atoms with Gasteiger partial charge in [-0.05, 0) is 83.2 Å². The summed E-state index contributed by atoms with van der Waals surface area (Å²) in [6, 6.07) is 15.2. The minimum absolute atomic E-state index is 0.129. The highest BCUT2D eigenvalue weighted by Gasteiger charge is 2.23. The fourth-order valence-corrected chi connectivity index (χ4v) is 4.17. The molecular formula is C25H20F3N. The molecule has 1 aliphatic rings. The molecular weight excluding hydrogens is 371 g/mol. The largest absolute Gasteiger partial charge is 0.207 e. The number of hydrogen-bond acceptors (Lipinski definition) is 1. The molecule has 0 saturated carbocycles. The summed E-state index contributed by atoms with van der Waals surface area (Å²) in [7, 11) is 0. The van der Waals surface area contributed by atoms with Gasteiger partial charge in [-0.3, -0.25) is 0 Å². The van der Waals surface area contributed by atoms with Crippen molar-refractivity contribution in [1.29, 1.82) is 5.26 Å². The lowest BCUT2D eigenvalue weighted by molar-refractivity contribution is 0.533. The van der Waals surface area contributed by atoms with E-state index in [4.69, 9.17) is 5.26 Å². The molecule has 1 aliphatic carbocycles. The van der Waals surface area contributed by atoms with Crippen LogP contribution in [-0.4, -0.2) is 0 Å². The number of rotatable bonds is 3. The fourth-order valence-electron chi connectivity index (χ4n) is 4.17. The molecule has 0 radical (unpaired) electrons. The number of nitrogens with zero attached hydrogens (tertiary/aromatic N) is 1. The highest BCUT2D eigenvalue weighted by molar-refractivity contribution is 5.66. The summed E-state index contributed by atoms with van der Waals surface area (Å²) in [4.78, 5) is 0. The van der Waals surface area contributed by atoms with Crippen LogP contribution in [0.25, 0.3) is 11.1 Å². The number of fused-ring (bicyclic) bond motifs is 1. The van der Waals surface area contributed by atoms with Crippen molar-refractivity contribution in [2.75, 3.05) is 0 Å². The van der Waals surface area contributed by atoms with Crippen molar-refractivity contribution in [3.05, 3.63) is 93.8 Å². The Bertz CT molecular complexity index is 1100. The molecule has 0 N–H and O–H groups in total.